The lowest BCUT2D eigenvalue weighted by molar-refractivity contribution is 0.516. The van der Waals surface area contributed by atoms with Gasteiger partial charge in [-0.25, -0.2) is 0 Å². The molecule has 0 fully saturated rings. The molecule has 6 nitrogen and oxygen atoms in total. The van der Waals surface area contributed by atoms with E-state index in [0.717, 1.165) is 27.4 Å². The molecular weight excluding hydrogens is 322 g/mol. The normalized spacial score (nSPS) is 10.7. The smallest absolute Gasteiger partial charge is 0.153 e. The van der Waals surface area contributed by atoms with E-state index in [1.807, 2.05) is 37.3 Å². The van der Waals surface area contributed by atoms with E-state index >= 15 is 0 Å². The van der Waals surface area contributed by atoms with Gasteiger partial charge in [-0.15, -0.1) is 5.10 Å². The maximum absolute atomic E-state index is 5.36. The van der Waals surface area contributed by atoms with Gasteiger partial charge < -0.3 is 9.73 Å². The van der Waals surface area contributed by atoms with Crippen LogP contribution in [-0.2, 0) is 6.54 Å². The highest BCUT2D eigenvalue weighted by Gasteiger charge is 2.06. The van der Waals surface area contributed by atoms with Gasteiger partial charge in [-0.2, -0.15) is 4.68 Å². The number of hydrogen-bond acceptors (Lipinski definition) is 5. The molecule has 20 heavy (non-hydrogen) atoms. The van der Waals surface area contributed by atoms with Crippen LogP contribution in [0.5, 0.6) is 0 Å². The summed E-state index contributed by atoms with van der Waals surface area (Å²) in [6.07, 6.45) is 1.65. The van der Waals surface area contributed by atoms with Gasteiger partial charge >= 0.3 is 0 Å². The first-order valence-corrected chi connectivity index (χ1v) is 6.84. The maximum atomic E-state index is 5.36. The molecule has 0 aliphatic heterocycles. The van der Waals surface area contributed by atoms with Crippen LogP contribution in [0.25, 0.3) is 5.69 Å². The number of nitrogens with zero attached hydrogens (tertiary/aromatic N) is 4. The largest absolute Gasteiger partial charge is 0.466 e. The van der Waals surface area contributed by atoms with Gasteiger partial charge in [0.05, 0.1) is 23.0 Å². The Labute approximate surface area is 123 Å². The van der Waals surface area contributed by atoms with Crippen molar-refractivity contribution < 1.29 is 4.42 Å². The fraction of sp³-hybridized carbons (Fsp3) is 0.154. The number of benzene rings is 1. The monoisotopic (exact) mass is 333 g/mol. The summed E-state index contributed by atoms with van der Waals surface area (Å²) >= 11 is 3.43. The molecule has 2 heterocycles. The molecule has 1 N–H and O–H groups in total. The summed E-state index contributed by atoms with van der Waals surface area (Å²) in [5.74, 6) is 1.60. The Morgan fingerprint density at radius 3 is 2.95 bits per heavy atom. The Kier molecular flexibility index (Phi) is 3.51. The molecule has 0 amide bonds. The zero-order valence-corrected chi connectivity index (χ0v) is 12.3. The van der Waals surface area contributed by atoms with E-state index in [1.54, 1.807) is 10.9 Å². The van der Waals surface area contributed by atoms with Crippen molar-refractivity contribution in [2.75, 3.05) is 5.32 Å². The number of halogens is 1. The summed E-state index contributed by atoms with van der Waals surface area (Å²) in [6.45, 7) is 2.46. The minimum Gasteiger partial charge on any atom is -0.466 e. The fourth-order valence-electron chi connectivity index (χ4n) is 1.85. The zero-order valence-electron chi connectivity index (χ0n) is 10.7. The summed E-state index contributed by atoms with van der Waals surface area (Å²) < 4.78 is 8.01. The number of rotatable bonds is 4. The molecule has 0 spiro atoms. The summed E-state index contributed by atoms with van der Waals surface area (Å²) in [5, 5.41) is 14.8. The number of anilines is 1. The Morgan fingerprint density at radius 1 is 1.35 bits per heavy atom. The lowest BCUT2D eigenvalue weighted by Crippen LogP contribution is -2.02. The van der Waals surface area contributed by atoms with Crippen LogP contribution in [0, 0.1) is 6.92 Å². The standard InChI is InChI=1S/C13H12BrN5O/c1-9-16-17-18-19(9)11-4-2-3-10(7-11)15-8-13-12(14)5-6-20-13/h2-7,15H,8H2,1H3. The topological polar surface area (TPSA) is 68.8 Å². The van der Waals surface area contributed by atoms with Gasteiger partial charge in [-0.05, 0) is 57.5 Å². The molecule has 0 saturated carbocycles. The minimum absolute atomic E-state index is 0.603. The number of aromatic nitrogens is 4. The first kappa shape index (κ1) is 12.9. The number of hydrogen-bond donors (Lipinski definition) is 1. The van der Waals surface area contributed by atoms with Gasteiger partial charge in [-0.1, -0.05) is 6.07 Å². The third-order valence-electron chi connectivity index (χ3n) is 2.86. The van der Waals surface area contributed by atoms with Crippen LogP contribution in [0.4, 0.5) is 5.69 Å². The van der Waals surface area contributed by atoms with E-state index in [0.29, 0.717) is 6.54 Å². The van der Waals surface area contributed by atoms with Gasteiger partial charge in [0.25, 0.3) is 0 Å². The Bertz CT molecular complexity index is 721. The Balaban J connectivity index is 1.78. The number of aryl methyl sites for hydroxylation is 1. The second kappa shape index (κ2) is 5.46. The van der Waals surface area contributed by atoms with Crippen molar-refractivity contribution in [1.29, 1.82) is 0 Å². The van der Waals surface area contributed by atoms with Crippen molar-refractivity contribution in [3.8, 4) is 5.69 Å². The van der Waals surface area contributed by atoms with E-state index in [1.165, 1.54) is 0 Å². The summed E-state index contributed by atoms with van der Waals surface area (Å²) in [6, 6.07) is 9.76. The quantitative estimate of drug-likeness (QED) is 0.794. The van der Waals surface area contributed by atoms with Crippen LogP contribution in [0.3, 0.4) is 0 Å². The Morgan fingerprint density at radius 2 is 2.25 bits per heavy atom. The molecule has 2 aromatic heterocycles. The van der Waals surface area contributed by atoms with Gasteiger partial charge in [-0.3, -0.25) is 0 Å². The number of tetrazole rings is 1. The molecule has 0 atom stereocenters. The lowest BCUT2D eigenvalue weighted by atomic mass is 10.2. The van der Waals surface area contributed by atoms with Gasteiger partial charge in [0.2, 0.25) is 0 Å². The van der Waals surface area contributed by atoms with Crippen LogP contribution >= 0.6 is 15.9 Å². The average Bonchev–Trinajstić information content (AvgIpc) is 3.05. The molecule has 0 unspecified atom stereocenters. The first-order chi connectivity index (χ1) is 9.74. The third kappa shape index (κ3) is 2.57. The van der Waals surface area contributed by atoms with Crippen molar-refractivity contribution in [2.45, 2.75) is 13.5 Å². The lowest BCUT2D eigenvalue weighted by Gasteiger charge is -2.07. The van der Waals surface area contributed by atoms with E-state index < -0.39 is 0 Å². The molecule has 3 aromatic rings. The summed E-state index contributed by atoms with van der Waals surface area (Å²) in [5.41, 5.74) is 1.89. The molecule has 102 valence electrons. The summed E-state index contributed by atoms with van der Waals surface area (Å²) in [7, 11) is 0. The second-order valence-electron chi connectivity index (χ2n) is 4.23. The van der Waals surface area contributed by atoms with Crippen molar-refractivity contribution in [3.63, 3.8) is 0 Å². The highest BCUT2D eigenvalue weighted by atomic mass is 79.9. The predicted molar refractivity (Wildman–Crippen MR) is 77.6 cm³/mol. The summed E-state index contributed by atoms with van der Waals surface area (Å²) in [4.78, 5) is 0. The number of furan rings is 1. The zero-order chi connectivity index (χ0) is 13.9. The predicted octanol–water partition coefficient (Wildman–Crippen LogP) is 2.94. The minimum atomic E-state index is 0.603. The van der Waals surface area contributed by atoms with E-state index in [2.05, 4.69) is 36.8 Å². The molecule has 0 aliphatic rings. The van der Waals surface area contributed by atoms with Crippen molar-refractivity contribution in [2.24, 2.45) is 0 Å². The highest BCUT2D eigenvalue weighted by molar-refractivity contribution is 9.10. The van der Waals surface area contributed by atoms with Crippen LogP contribution in [0.2, 0.25) is 0 Å². The maximum Gasteiger partial charge on any atom is 0.153 e. The molecule has 0 radical (unpaired) electrons. The van der Waals surface area contributed by atoms with Crippen molar-refractivity contribution in [3.05, 3.63) is 52.7 Å². The van der Waals surface area contributed by atoms with Crippen LogP contribution in [0.15, 0.2) is 45.5 Å². The fourth-order valence-corrected chi connectivity index (χ4v) is 2.19. The SMILES string of the molecule is Cc1nnnn1-c1cccc(NCc2occc2Br)c1. The molecule has 0 aliphatic carbocycles. The van der Waals surface area contributed by atoms with Crippen LogP contribution in [-0.4, -0.2) is 20.2 Å². The molecule has 0 saturated heterocycles. The molecular formula is C13H12BrN5O. The molecule has 3 rings (SSSR count). The van der Waals surface area contributed by atoms with E-state index in [4.69, 9.17) is 4.42 Å². The van der Waals surface area contributed by atoms with E-state index in [9.17, 15) is 0 Å². The van der Waals surface area contributed by atoms with Crippen LogP contribution < -0.4 is 5.32 Å². The molecule has 7 heteroatoms. The van der Waals surface area contributed by atoms with Crippen molar-refractivity contribution >= 4 is 21.6 Å². The van der Waals surface area contributed by atoms with Crippen molar-refractivity contribution in [1.82, 2.24) is 20.2 Å². The second-order valence-corrected chi connectivity index (χ2v) is 5.09. The van der Waals surface area contributed by atoms with Crippen LogP contribution in [0.1, 0.15) is 11.6 Å². The molecule has 0 bridgehead atoms. The van der Waals surface area contributed by atoms with Gasteiger partial charge in [0.15, 0.2) is 5.82 Å². The molecule has 1 aromatic carbocycles. The van der Waals surface area contributed by atoms with Gasteiger partial charge in [0.1, 0.15) is 5.76 Å². The van der Waals surface area contributed by atoms with E-state index in [-0.39, 0.29) is 0 Å². The number of nitrogens with one attached hydrogen (secondary N) is 1. The van der Waals surface area contributed by atoms with Gasteiger partial charge in [0, 0.05) is 5.69 Å². The first-order valence-electron chi connectivity index (χ1n) is 6.05. The average molecular weight is 334 g/mol. The highest BCUT2D eigenvalue weighted by Crippen LogP contribution is 2.20. The Hall–Kier alpha value is -2.15. The third-order valence-corrected chi connectivity index (χ3v) is 3.57.